The molecule has 0 unspecified atom stereocenters. The highest BCUT2D eigenvalue weighted by Crippen LogP contribution is 2.14. The lowest BCUT2D eigenvalue weighted by Gasteiger charge is -2.21. The smallest absolute Gasteiger partial charge is 0.269 e. The summed E-state index contributed by atoms with van der Waals surface area (Å²) in [6, 6.07) is 6.38. The SMILES string of the molecule is C=CCCCN(C)C(=NCCNc1ccc([N+](=O)[O-])cc1)NCC.I. The number of hydrogen-bond acceptors (Lipinski definition) is 4. The maximum Gasteiger partial charge on any atom is 0.269 e. The molecule has 0 saturated carbocycles. The molecular weight excluding hydrogens is 433 g/mol. The number of benzene rings is 1. The molecule has 0 heterocycles. The number of nitrogens with one attached hydrogen (secondary N) is 2. The van der Waals surface area contributed by atoms with Gasteiger partial charge in [0.2, 0.25) is 0 Å². The van der Waals surface area contributed by atoms with Gasteiger partial charge in [-0.05, 0) is 31.9 Å². The van der Waals surface area contributed by atoms with Gasteiger partial charge >= 0.3 is 0 Å². The van der Waals surface area contributed by atoms with Crippen molar-refractivity contribution in [3.63, 3.8) is 0 Å². The van der Waals surface area contributed by atoms with Gasteiger partial charge in [-0.15, -0.1) is 30.6 Å². The number of halogens is 1. The molecule has 0 spiro atoms. The van der Waals surface area contributed by atoms with Gasteiger partial charge in [0.15, 0.2) is 5.96 Å². The van der Waals surface area contributed by atoms with E-state index in [9.17, 15) is 10.1 Å². The molecule has 1 aromatic carbocycles. The molecule has 140 valence electrons. The minimum Gasteiger partial charge on any atom is -0.383 e. The van der Waals surface area contributed by atoms with Gasteiger partial charge in [0.1, 0.15) is 0 Å². The lowest BCUT2D eigenvalue weighted by molar-refractivity contribution is -0.384. The summed E-state index contributed by atoms with van der Waals surface area (Å²) in [5.41, 5.74) is 0.939. The molecular formula is C17H28IN5O2. The molecule has 0 aromatic heterocycles. The molecule has 0 fully saturated rings. The Morgan fingerprint density at radius 2 is 2.08 bits per heavy atom. The van der Waals surface area contributed by atoms with E-state index in [2.05, 4.69) is 27.1 Å². The molecule has 0 aliphatic carbocycles. The number of anilines is 1. The second-order valence-corrected chi connectivity index (χ2v) is 5.32. The van der Waals surface area contributed by atoms with Crippen LogP contribution in [0.1, 0.15) is 19.8 Å². The molecule has 0 atom stereocenters. The highest BCUT2D eigenvalue weighted by molar-refractivity contribution is 14.0. The standard InChI is InChI=1S/C17H27N5O2.HI/c1-4-6-7-14-21(3)17(18-5-2)20-13-12-19-15-8-10-16(11-9-15)22(23)24;/h4,8-11,19H,1,5-7,12-14H2,2-3H3,(H,18,20);1H. The summed E-state index contributed by atoms with van der Waals surface area (Å²) in [5.74, 6) is 0.882. The van der Waals surface area contributed by atoms with Crippen molar-refractivity contribution in [3.05, 3.63) is 47.0 Å². The summed E-state index contributed by atoms with van der Waals surface area (Å²) in [6.07, 6.45) is 3.96. The van der Waals surface area contributed by atoms with Gasteiger partial charge in [-0.3, -0.25) is 15.1 Å². The lowest BCUT2D eigenvalue weighted by atomic mass is 10.3. The molecule has 25 heavy (non-hydrogen) atoms. The third-order valence-corrected chi connectivity index (χ3v) is 3.38. The van der Waals surface area contributed by atoms with Crippen molar-refractivity contribution in [2.24, 2.45) is 4.99 Å². The average Bonchev–Trinajstić information content (AvgIpc) is 2.58. The van der Waals surface area contributed by atoms with Gasteiger partial charge < -0.3 is 15.5 Å². The zero-order chi connectivity index (χ0) is 17.8. The molecule has 1 rings (SSSR count). The molecule has 1 aromatic rings. The Kier molecular flexibility index (Phi) is 12.5. The predicted octanol–water partition coefficient (Wildman–Crippen LogP) is 3.49. The third-order valence-electron chi connectivity index (χ3n) is 3.38. The topological polar surface area (TPSA) is 82.8 Å². The van der Waals surface area contributed by atoms with E-state index in [1.807, 2.05) is 20.0 Å². The van der Waals surface area contributed by atoms with Crippen LogP contribution in [0.25, 0.3) is 0 Å². The molecule has 0 aliphatic rings. The van der Waals surface area contributed by atoms with Gasteiger partial charge in [-0.1, -0.05) is 6.08 Å². The largest absolute Gasteiger partial charge is 0.383 e. The van der Waals surface area contributed by atoms with Crippen LogP contribution in [0.15, 0.2) is 41.9 Å². The first kappa shape index (κ1) is 23.2. The van der Waals surface area contributed by atoms with Gasteiger partial charge in [-0.2, -0.15) is 0 Å². The number of nitro benzene ring substituents is 1. The number of aliphatic imine (C=N–C) groups is 1. The first-order valence-corrected chi connectivity index (χ1v) is 8.17. The summed E-state index contributed by atoms with van der Waals surface area (Å²) >= 11 is 0. The number of unbranched alkanes of at least 4 members (excludes halogenated alkanes) is 1. The van der Waals surface area contributed by atoms with Gasteiger partial charge in [0.25, 0.3) is 5.69 Å². The quantitative estimate of drug-likeness (QED) is 0.106. The molecule has 2 N–H and O–H groups in total. The Bertz CT molecular complexity index is 548. The van der Waals surface area contributed by atoms with E-state index in [1.165, 1.54) is 12.1 Å². The molecule has 7 nitrogen and oxygen atoms in total. The van der Waals surface area contributed by atoms with Crippen LogP contribution in [-0.2, 0) is 0 Å². The minimum absolute atomic E-state index is 0. The Morgan fingerprint density at radius 3 is 2.64 bits per heavy atom. The summed E-state index contributed by atoms with van der Waals surface area (Å²) in [5, 5.41) is 17.1. The van der Waals surface area contributed by atoms with Crippen molar-refractivity contribution in [3.8, 4) is 0 Å². The van der Waals surface area contributed by atoms with Crippen molar-refractivity contribution in [1.29, 1.82) is 0 Å². The van der Waals surface area contributed by atoms with Crippen LogP contribution in [0.2, 0.25) is 0 Å². The van der Waals surface area contributed by atoms with Crippen molar-refractivity contribution in [2.75, 3.05) is 38.5 Å². The van der Waals surface area contributed by atoms with E-state index >= 15 is 0 Å². The predicted molar refractivity (Wildman–Crippen MR) is 115 cm³/mol. The van der Waals surface area contributed by atoms with Crippen LogP contribution < -0.4 is 10.6 Å². The lowest BCUT2D eigenvalue weighted by Crippen LogP contribution is -2.39. The number of guanidine groups is 1. The van der Waals surface area contributed by atoms with Gasteiger partial charge in [0.05, 0.1) is 11.5 Å². The van der Waals surface area contributed by atoms with Crippen molar-refractivity contribution >= 4 is 41.3 Å². The number of rotatable bonds is 10. The molecule has 0 radical (unpaired) electrons. The second kappa shape index (κ2) is 13.5. The van der Waals surface area contributed by atoms with Crippen LogP contribution in [0, 0.1) is 10.1 Å². The van der Waals surface area contributed by atoms with Crippen molar-refractivity contribution in [2.45, 2.75) is 19.8 Å². The summed E-state index contributed by atoms with van der Waals surface area (Å²) in [4.78, 5) is 16.9. The highest BCUT2D eigenvalue weighted by Gasteiger charge is 2.05. The van der Waals surface area contributed by atoms with Crippen LogP contribution in [0.4, 0.5) is 11.4 Å². The zero-order valence-corrected chi connectivity index (χ0v) is 17.2. The Balaban J connectivity index is 0.00000576. The maximum absolute atomic E-state index is 10.6. The summed E-state index contributed by atoms with van der Waals surface area (Å²) in [7, 11) is 2.02. The third kappa shape index (κ3) is 9.28. The Hall–Kier alpha value is -1.84. The summed E-state index contributed by atoms with van der Waals surface area (Å²) in [6.45, 7) is 8.80. The van der Waals surface area contributed by atoms with Gasteiger partial charge in [-0.25, -0.2) is 0 Å². The monoisotopic (exact) mass is 461 g/mol. The van der Waals surface area contributed by atoms with Crippen LogP contribution in [0.5, 0.6) is 0 Å². The summed E-state index contributed by atoms with van der Waals surface area (Å²) < 4.78 is 0. The molecule has 8 heteroatoms. The fourth-order valence-corrected chi connectivity index (χ4v) is 2.11. The number of non-ortho nitro benzene ring substituents is 1. The van der Waals surface area contributed by atoms with Gasteiger partial charge in [0, 0.05) is 44.5 Å². The molecule has 0 amide bonds. The van der Waals surface area contributed by atoms with Crippen molar-refractivity contribution in [1.82, 2.24) is 10.2 Å². The fraction of sp³-hybridized carbons (Fsp3) is 0.471. The van der Waals surface area contributed by atoms with E-state index in [1.54, 1.807) is 12.1 Å². The first-order chi connectivity index (χ1) is 11.6. The molecule has 0 bridgehead atoms. The number of nitro groups is 1. The first-order valence-electron chi connectivity index (χ1n) is 8.17. The highest BCUT2D eigenvalue weighted by atomic mass is 127. The van der Waals surface area contributed by atoms with Crippen molar-refractivity contribution < 1.29 is 4.92 Å². The van der Waals surface area contributed by atoms with Crippen LogP contribution >= 0.6 is 24.0 Å². The normalized spacial score (nSPS) is 10.6. The number of nitrogens with zero attached hydrogens (tertiary/aromatic N) is 3. The van der Waals surface area contributed by atoms with E-state index in [-0.39, 0.29) is 29.7 Å². The Labute approximate surface area is 166 Å². The number of allylic oxidation sites excluding steroid dienone is 1. The fourth-order valence-electron chi connectivity index (χ4n) is 2.11. The van der Waals surface area contributed by atoms with E-state index in [0.29, 0.717) is 13.1 Å². The van der Waals surface area contributed by atoms with Crippen LogP contribution in [0.3, 0.4) is 0 Å². The second-order valence-electron chi connectivity index (χ2n) is 5.32. The molecule has 0 aliphatic heterocycles. The maximum atomic E-state index is 10.6. The van der Waals surface area contributed by atoms with E-state index < -0.39 is 4.92 Å². The zero-order valence-electron chi connectivity index (χ0n) is 14.9. The van der Waals surface area contributed by atoms with E-state index in [4.69, 9.17) is 0 Å². The van der Waals surface area contributed by atoms with Crippen LogP contribution in [-0.4, -0.2) is 49.0 Å². The number of hydrogen-bond donors (Lipinski definition) is 2. The van der Waals surface area contributed by atoms with E-state index in [0.717, 1.165) is 37.6 Å². The Morgan fingerprint density at radius 1 is 1.40 bits per heavy atom. The molecule has 0 saturated heterocycles. The average molecular weight is 461 g/mol. The minimum atomic E-state index is -0.404.